The van der Waals surface area contributed by atoms with Crippen molar-refractivity contribution < 1.29 is 22.7 Å². The zero-order valence-corrected chi connectivity index (χ0v) is 18.9. The second-order valence-electron chi connectivity index (χ2n) is 7.81. The van der Waals surface area contributed by atoms with Gasteiger partial charge in [0.1, 0.15) is 11.3 Å². The maximum absolute atomic E-state index is 13.1. The number of ether oxygens (including phenoxy) is 1. The van der Waals surface area contributed by atoms with Gasteiger partial charge in [-0.3, -0.25) is 9.59 Å². The molecular formula is C23H20ClF3N2O3S. The summed E-state index contributed by atoms with van der Waals surface area (Å²) in [4.78, 5) is 29.7. The molecule has 1 aromatic carbocycles. The van der Waals surface area contributed by atoms with E-state index in [-0.39, 0.29) is 17.2 Å². The molecule has 0 aliphatic heterocycles. The number of rotatable bonds is 5. The van der Waals surface area contributed by atoms with E-state index in [0.717, 1.165) is 43.5 Å². The molecule has 174 valence electrons. The van der Waals surface area contributed by atoms with Crippen molar-refractivity contribution in [3.8, 4) is 16.2 Å². The largest absolute Gasteiger partial charge is 0.573 e. The first-order valence-corrected chi connectivity index (χ1v) is 11.6. The van der Waals surface area contributed by atoms with Crippen molar-refractivity contribution in [1.82, 2.24) is 4.98 Å². The Bertz CT molecular complexity index is 1200. The summed E-state index contributed by atoms with van der Waals surface area (Å²) >= 11 is 7.36. The lowest BCUT2D eigenvalue weighted by Crippen LogP contribution is -2.26. The van der Waals surface area contributed by atoms with E-state index in [4.69, 9.17) is 11.6 Å². The molecule has 0 bridgehead atoms. The van der Waals surface area contributed by atoms with Gasteiger partial charge in [-0.05, 0) is 61.2 Å². The van der Waals surface area contributed by atoms with Gasteiger partial charge in [-0.1, -0.05) is 30.9 Å². The quantitative estimate of drug-likeness (QED) is 0.401. The molecule has 1 aliphatic rings. The number of anilines is 1. The highest BCUT2D eigenvalue weighted by atomic mass is 35.5. The van der Waals surface area contributed by atoms with Gasteiger partial charge < -0.3 is 15.0 Å². The zero-order valence-electron chi connectivity index (χ0n) is 17.3. The van der Waals surface area contributed by atoms with Crippen molar-refractivity contribution in [3.05, 3.63) is 68.4 Å². The summed E-state index contributed by atoms with van der Waals surface area (Å²) in [6.45, 7) is 0. The van der Waals surface area contributed by atoms with Crippen LogP contribution in [0.25, 0.3) is 10.4 Å². The second kappa shape index (κ2) is 9.61. The molecule has 4 rings (SSSR count). The van der Waals surface area contributed by atoms with E-state index < -0.39 is 23.6 Å². The lowest BCUT2D eigenvalue weighted by molar-refractivity contribution is -0.274. The van der Waals surface area contributed by atoms with Crippen LogP contribution in [-0.4, -0.2) is 17.3 Å². The van der Waals surface area contributed by atoms with E-state index >= 15 is 0 Å². The molecule has 0 radical (unpaired) electrons. The number of hydrogen-bond acceptors (Lipinski definition) is 4. The highest BCUT2D eigenvalue weighted by molar-refractivity contribution is 7.19. The van der Waals surface area contributed by atoms with Gasteiger partial charge in [0.25, 0.3) is 11.5 Å². The molecule has 5 nitrogen and oxygen atoms in total. The minimum atomic E-state index is -4.81. The highest BCUT2D eigenvalue weighted by Crippen LogP contribution is 2.36. The van der Waals surface area contributed by atoms with Crippen LogP contribution in [0.15, 0.2) is 47.3 Å². The van der Waals surface area contributed by atoms with Crippen LogP contribution in [-0.2, 0) is 0 Å². The number of pyridine rings is 1. The third-order valence-corrected chi connectivity index (χ3v) is 6.78. The Morgan fingerprint density at radius 2 is 1.79 bits per heavy atom. The average molecular weight is 497 g/mol. The molecular weight excluding hydrogens is 477 g/mol. The van der Waals surface area contributed by atoms with Gasteiger partial charge in [0.05, 0.1) is 4.34 Å². The minimum absolute atomic E-state index is 0.0799. The molecule has 10 heteroatoms. The first-order valence-electron chi connectivity index (χ1n) is 10.4. The van der Waals surface area contributed by atoms with Crippen LogP contribution in [0.2, 0.25) is 4.34 Å². The summed E-state index contributed by atoms with van der Waals surface area (Å²) in [6, 6.07) is 10.0. The summed E-state index contributed by atoms with van der Waals surface area (Å²) in [5, 5.41) is 2.58. The Morgan fingerprint density at radius 1 is 1.09 bits per heavy atom. The molecule has 1 saturated carbocycles. The molecule has 3 aromatic rings. The van der Waals surface area contributed by atoms with Gasteiger partial charge in [-0.15, -0.1) is 24.5 Å². The molecule has 0 saturated heterocycles. The van der Waals surface area contributed by atoms with E-state index in [0.29, 0.717) is 14.8 Å². The molecule has 1 amide bonds. The summed E-state index contributed by atoms with van der Waals surface area (Å²) in [5.74, 6) is -0.863. The van der Waals surface area contributed by atoms with E-state index in [1.54, 1.807) is 12.1 Å². The molecule has 0 spiro atoms. The lowest BCUT2D eigenvalue weighted by Gasteiger charge is -2.22. The van der Waals surface area contributed by atoms with Crippen molar-refractivity contribution in [1.29, 1.82) is 0 Å². The summed E-state index contributed by atoms with van der Waals surface area (Å²) < 4.78 is 41.4. The Hall–Kier alpha value is -2.78. The standard InChI is InChI=1S/C23H20ClF3N2O3S/c24-19-11-10-18(33-19)16-12-17(13-4-2-1-3-5-13)29-22(31)20(16)21(30)28-14-6-8-15(9-7-14)32-23(25,26)27/h6-13H,1-5H2,(H,28,30)(H,29,31). The van der Waals surface area contributed by atoms with Crippen LogP contribution in [0.3, 0.4) is 0 Å². The first kappa shape index (κ1) is 23.4. The molecule has 1 fully saturated rings. The number of benzene rings is 1. The molecule has 33 heavy (non-hydrogen) atoms. The van der Waals surface area contributed by atoms with Gasteiger partial charge >= 0.3 is 6.36 Å². The number of carbonyl (C=O) groups excluding carboxylic acids is 1. The van der Waals surface area contributed by atoms with Crippen LogP contribution in [0.1, 0.15) is 54.1 Å². The fourth-order valence-electron chi connectivity index (χ4n) is 4.03. The number of nitrogens with one attached hydrogen (secondary N) is 2. The highest BCUT2D eigenvalue weighted by Gasteiger charge is 2.31. The summed E-state index contributed by atoms with van der Waals surface area (Å²) in [6.07, 6.45) is 0.472. The third kappa shape index (κ3) is 5.78. The Balaban J connectivity index is 1.65. The van der Waals surface area contributed by atoms with Gasteiger partial charge in [0.15, 0.2) is 0 Å². The Kier molecular flexibility index (Phi) is 6.81. The van der Waals surface area contributed by atoms with E-state index in [1.807, 2.05) is 6.07 Å². The van der Waals surface area contributed by atoms with Gasteiger partial charge in [-0.25, -0.2) is 0 Å². The number of halogens is 4. The minimum Gasteiger partial charge on any atom is -0.406 e. The van der Waals surface area contributed by atoms with E-state index in [9.17, 15) is 22.8 Å². The number of H-pyrrole nitrogens is 1. The maximum Gasteiger partial charge on any atom is 0.573 e. The summed E-state index contributed by atoms with van der Waals surface area (Å²) in [5.41, 5.74) is 0.895. The number of hydrogen-bond donors (Lipinski definition) is 2. The smallest absolute Gasteiger partial charge is 0.406 e. The molecule has 2 aromatic heterocycles. The van der Waals surface area contributed by atoms with Gasteiger partial charge in [-0.2, -0.15) is 0 Å². The average Bonchev–Trinajstić information content (AvgIpc) is 3.20. The normalized spacial score (nSPS) is 14.8. The third-order valence-electron chi connectivity index (χ3n) is 5.51. The fraction of sp³-hybridized carbons (Fsp3) is 0.304. The van der Waals surface area contributed by atoms with Gasteiger partial charge in [0.2, 0.25) is 0 Å². The van der Waals surface area contributed by atoms with Crippen LogP contribution < -0.4 is 15.6 Å². The zero-order chi connectivity index (χ0) is 23.6. The lowest BCUT2D eigenvalue weighted by atomic mass is 9.86. The van der Waals surface area contributed by atoms with Crippen molar-refractivity contribution >= 4 is 34.5 Å². The van der Waals surface area contributed by atoms with Crippen molar-refractivity contribution in [2.75, 3.05) is 5.32 Å². The SMILES string of the molecule is O=C(Nc1ccc(OC(F)(F)F)cc1)c1c(-c2ccc(Cl)s2)cc(C2CCCCC2)[nH]c1=O. The Labute approximate surface area is 196 Å². The predicted octanol–water partition coefficient (Wildman–Crippen LogP) is 6.96. The number of amides is 1. The molecule has 2 N–H and O–H groups in total. The second-order valence-corrected chi connectivity index (χ2v) is 9.52. The topological polar surface area (TPSA) is 71.2 Å². The Morgan fingerprint density at radius 3 is 2.39 bits per heavy atom. The molecule has 0 unspecified atom stereocenters. The van der Waals surface area contributed by atoms with Crippen molar-refractivity contribution in [2.45, 2.75) is 44.4 Å². The fourth-order valence-corrected chi connectivity index (χ4v) is 5.09. The number of alkyl halides is 3. The van der Waals surface area contributed by atoms with Gasteiger partial charge in [0, 0.05) is 21.8 Å². The molecule has 2 heterocycles. The monoisotopic (exact) mass is 496 g/mol. The van der Waals surface area contributed by atoms with Crippen molar-refractivity contribution in [2.24, 2.45) is 0 Å². The summed E-state index contributed by atoms with van der Waals surface area (Å²) in [7, 11) is 0. The van der Waals surface area contributed by atoms with Crippen LogP contribution >= 0.6 is 22.9 Å². The van der Waals surface area contributed by atoms with Crippen LogP contribution in [0.5, 0.6) is 5.75 Å². The van der Waals surface area contributed by atoms with Crippen LogP contribution in [0, 0.1) is 0 Å². The number of aromatic amines is 1. The van der Waals surface area contributed by atoms with E-state index in [2.05, 4.69) is 15.0 Å². The molecule has 0 atom stereocenters. The number of thiophene rings is 1. The molecule has 1 aliphatic carbocycles. The first-order chi connectivity index (χ1) is 15.7. The predicted molar refractivity (Wildman–Crippen MR) is 122 cm³/mol. The number of carbonyl (C=O) groups is 1. The maximum atomic E-state index is 13.1. The van der Waals surface area contributed by atoms with Crippen LogP contribution in [0.4, 0.5) is 18.9 Å². The van der Waals surface area contributed by atoms with E-state index in [1.165, 1.54) is 29.9 Å². The number of aromatic nitrogens is 1. The van der Waals surface area contributed by atoms with Crippen molar-refractivity contribution in [3.63, 3.8) is 0 Å².